The third-order valence-corrected chi connectivity index (χ3v) is 4.07. The van der Waals surface area contributed by atoms with Gasteiger partial charge in [0, 0.05) is 12.1 Å². The van der Waals surface area contributed by atoms with Gasteiger partial charge in [-0.05, 0) is 56.8 Å². The molecule has 104 valence electrons. The van der Waals surface area contributed by atoms with Gasteiger partial charge in [0.05, 0.1) is 6.42 Å². The average Bonchev–Trinajstić information content (AvgIpc) is 2.79. The molecule has 1 heterocycles. The molecule has 19 heavy (non-hydrogen) atoms. The highest BCUT2D eigenvalue weighted by atomic mass is 16.1. The van der Waals surface area contributed by atoms with Crippen LogP contribution in [-0.2, 0) is 11.2 Å². The predicted octanol–water partition coefficient (Wildman–Crippen LogP) is 2.10. The zero-order valence-electron chi connectivity index (χ0n) is 12.2. The van der Waals surface area contributed by atoms with Gasteiger partial charge in [-0.3, -0.25) is 4.79 Å². The topological polar surface area (TPSA) is 41.1 Å². The van der Waals surface area contributed by atoms with E-state index in [0.717, 1.165) is 25.1 Å². The Morgan fingerprint density at radius 3 is 2.79 bits per heavy atom. The summed E-state index contributed by atoms with van der Waals surface area (Å²) in [6.45, 7) is 8.13. The van der Waals surface area contributed by atoms with E-state index in [1.54, 1.807) is 0 Å². The second-order valence-electron chi connectivity index (χ2n) is 5.96. The van der Waals surface area contributed by atoms with E-state index in [0.29, 0.717) is 6.42 Å². The maximum Gasteiger partial charge on any atom is 0.224 e. The van der Waals surface area contributed by atoms with Crippen LogP contribution in [0.4, 0.5) is 0 Å². The summed E-state index contributed by atoms with van der Waals surface area (Å²) in [5.74, 6) is 0.109. The molecular formula is C16H24N2O. The minimum Gasteiger partial charge on any atom is -0.354 e. The molecule has 1 saturated heterocycles. The van der Waals surface area contributed by atoms with Crippen molar-refractivity contribution in [1.82, 2.24) is 10.6 Å². The van der Waals surface area contributed by atoms with Crippen molar-refractivity contribution in [3.63, 3.8) is 0 Å². The second-order valence-corrected chi connectivity index (χ2v) is 5.96. The molecule has 0 saturated carbocycles. The summed E-state index contributed by atoms with van der Waals surface area (Å²) in [6, 6.07) is 6.22. The van der Waals surface area contributed by atoms with Crippen LogP contribution in [0.25, 0.3) is 0 Å². The largest absolute Gasteiger partial charge is 0.354 e. The highest BCUT2D eigenvalue weighted by Gasteiger charge is 2.28. The molecule has 0 aromatic heterocycles. The summed E-state index contributed by atoms with van der Waals surface area (Å²) in [5.41, 5.74) is 3.69. The number of nitrogens with one attached hydrogen (secondary N) is 2. The third kappa shape index (κ3) is 3.80. The summed E-state index contributed by atoms with van der Waals surface area (Å²) in [7, 11) is 0. The van der Waals surface area contributed by atoms with E-state index in [4.69, 9.17) is 0 Å². The molecule has 1 amide bonds. The summed E-state index contributed by atoms with van der Waals surface area (Å²) < 4.78 is 0. The van der Waals surface area contributed by atoms with Crippen LogP contribution >= 0.6 is 0 Å². The first-order valence-corrected chi connectivity index (χ1v) is 7.06. The lowest BCUT2D eigenvalue weighted by atomic mass is 10.00. The molecule has 1 atom stereocenters. The van der Waals surface area contributed by atoms with Gasteiger partial charge in [0.25, 0.3) is 0 Å². The van der Waals surface area contributed by atoms with Gasteiger partial charge in [-0.15, -0.1) is 0 Å². The van der Waals surface area contributed by atoms with E-state index >= 15 is 0 Å². The molecule has 1 fully saturated rings. The van der Waals surface area contributed by atoms with Crippen molar-refractivity contribution in [2.24, 2.45) is 0 Å². The molecule has 0 radical (unpaired) electrons. The first-order valence-electron chi connectivity index (χ1n) is 7.06. The zero-order chi connectivity index (χ0) is 13.9. The normalized spacial score (nSPS) is 22.5. The van der Waals surface area contributed by atoms with Gasteiger partial charge in [0.15, 0.2) is 0 Å². The molecular weight excluding hydrogens is 236 g/mol. The molecule has 2 rings (SSSR count). The van der Waals surface area contributed by atoms with Crippen molar-refractivity contribution in [3.05, 3.63) is 34.9 Å². The molecule has 1 unspecified atom stereocenters. The van der Waals surface area contributed by atoms with Crippen LogP contribution in [0.3, 0.4) is 0 Å². The predicted molar refractivity (Wildman–Crippen MR) is 78.3 cm³/mol. The van der Waals surface area contributed by atoms with Crippen molar-refractivity contribution in [1.29, 1.82) is 0 Å². The molecule has 0 spiro atoms. The molecule has 3 heteroatoms. The van der Waals surface area contributed by atoms with E-state index in [-0.39, 0.29) is 11.4 Å². The Labute approximate surface area is 115 Å². The number of carbonyl (C=O) groups is 1. The van der Waals surface area contributed by atoms with Crippen LogP contribution < -0.4 is 10.6 Å². The fraction of sp³-hybridized carbons (Fsp3) is 0.562. The molecule has 0 bridgehead atoms. The molecule has 1 aliphatic rings. The fourth-order valence-corrected chi connectivity index (χ4v) is 2.56. The molecule has 1 aromatic rings. The number of hydrogen-bond acceptors (Lipinski definition) is 2. The van der Waals surface area contributed by atoms with Crippen molar-refractivity contribution in [2.75, 3.05) is 13.1 Å². The zero-order valence-corrected chi connectivity index (χ0v) is 12.2. The van der Waals surface area contributed by atoms with Gasteiger partial charge in [0.2, 0.25) is 5.91 Å². The minimum atomic E-state index is 0.0822. The monoisotopic (exact) mass is 260 g/mol. The number of amides is 1. The first-order chi connectivity index (χ1) is 8.98. The smallest absolute Gasteiger partial charge is 0.224 e. The van der Waals surface area contributed by atoms with Crippen molar-refractivity contribution in [3.8, 4) is 0 Å². The van der Waals surface area contributed by atoms with Crippen LogP contribution in [0.15, 0.2) is 18.2 Å². The van der Waals surface area contributed by atoms with Crippen LogP contribution in [0, 0.1) is 13.8 Å². The van der Waals surface area contributed by atoms with Crippen LogP contribution in [-0.4, -0.2) is 24.5 Å². The van der Waals surface area contributed by atoms with Crippen molar-refractivity contribution < 1.29 is 4.79 Å². The van der Waals surface area contributed by atoms with Gasteiger partial charge in [-0.2, -0.15) is 0 Å². The molecule has 1 aromatic carbocycles. The van der Waals surface area contributed by atoms with Gasteiger partial charge in [-0.25, -0.2) is 0 Å². The van der Waals surface area contributed by atoms with Crippen LogP contribution in [0.2, 0.25) is 0 Å². The van der Waals surface area contributed by atoms with Crippen LogP contribution in [0.5, 0.6) is 0 Å². The quantitative estimate of drug-likeness (QED) is 0.870. The second kappa shape index (κ2) is 5.74. The van der Waals surface area contributed by atoms with E-state index in [2.05, 4.69) is 43.5 Å². The number of aryl methyl sites for hydroxylation is 2. The Hall–Kier alpha value is -1.35. The van der Waals surface area contributed by atoms with Crippen molar-refractivity contribution in [2.45, 2.75) is 45.6 Å². The van der Waals surface area contributed by atoms with Gasteiger partial charge < -0.3 is 10.6 Å². The standard InChI is InChI=1S/C16H24N2O/c1-12-5-6-14(9-13(12)2)10-15(19)17-11-16(3)7-4-8-18-16/h5-6,9,18H,4,7-8,10-11H2,1-3H3,(H,17,19). The lowest BCUT2D eigenvalue weighted by Crippen LogP contribution is -2.47. The van der Waals surface area contributed by atoms with Gasteiger partial charge in [0.1, 0.15) is 0 Å². The lowest BCUT2D eigenvalue weighted by Gasteiger charge is -2.24. The third-order valence-electron chi connectivity index (χ3n) is 4.07. The average molecular weight is 260 g/mol. The highest BCUT2D eigenvalue weighted by Crippen LogP contribution is 2.17. The Kier molecular flexibility index (Phi) is 4.25. The molecule has 3 nitrogen and oxygen atoms in total. The number of rotatable bonds is 4. The molecule has 2 N–H and O–H groups in total. The van der Waals surface area contributed by atoms with Gasteiger partial charge >= 0.3 is 0 Å². The number of carbonyl (C=O) groups excluding carboxylic acids is 1. The van der Waals surface area contributed by atoms with Crippen LogP contribution in [0.1, 0.15) is 36.5 Å². The highest BCUT2D eigenvalue weighted by molar-refractivity contribution is 5.78. The Bertz CT molecular complexity index is 462. The van der Waals surface area contributed by atoms with Crippen molar-refractivity contribution >= 4 is 5.91 Å². The summed E-state index contributed by atoms with van der Waals surface area (Å²) in [4.78, 5) is 12.0. The first kappa shape index (κ1) is 14.1. The van der Waals surface area contributed by atoms with E-state index in [1.165, 1.54) is 17.5 Å². The van der Waals surface area contributed by atoms with Gasteiger partial charge in [-0.1, -0.05) is 18.2 Å². The Balaban J connectivity index is 1.85. The molecule has 1 aliphatic heterocycles. The number of benzene rings is 1. The maximum atomic E-state index is 12.0. The Morgan fingerprint density at radius 2 is 2.16 bits per heavy atom. The summed E-state index contributed by atoms with van der Waals surface area (Å²) >= 11 is 0. The SMILES string of the molecule is Cc1ccc(CC(=O)NCC2(C)CCCN2)cc1C. The number of hydrogen-bond donors (Lipinski definition) is 2. The molecule has 0 aliphatic carbocycles. The fourth-order valence-electron chi connectivity index (χ4n) is 2.56. The van der Waals surface area contributed by atoms with E-state index in [9.17, 15) is 4.79 Å². The maximum absolute atomic E-state index is 12.0. The minimum absolute atomic E-state index is 0.0822. The Morgan fingerprint density at radius 1 is 1.37 bits per heavy atom. The van der Waals surface area contributed by atoms with E-state index < -0.39 is 0 Å². The summed E-state index contributed by atoms with van der Waals surface area (Å²) in [5, 5.41) is 6.50. The lowest BCUT2D eigenvalue weighted by molar-refractivity contribution is -0.120. The summed E-state index contributed by atoms with van der Waals surface area (Å²) in [6.07, 6.45) is 2.80. The van der Waals surface area contributed by atoms with E-state index in [1.807, 2.05) is 6.07 Å².